The fraction of sp³-hybridized carbons (Fsp3) is 0.889. The molecule has 0 aliphatic rings. The molecule has 0 heterocycles. The molecular formula is C9H19NO2. The summed E-state index contributed by atoms with van der Waals surface area (Å²) in [6.45, 7) is 2.92. The van der Waals surface area contributed by atoms with E-state index in [-0.39, 0.29) is 6.09 Å². The van der Waals surface area contributed by atoms with Gasteiger partial charge in [0, 0.05) is 6.54 Å². The highest BCUT2D eigenvalue weighted by Gasteiger charge is 1.95. The van der Waals surface area contributed by atoms with Gasteiger partial charge in [-0.05, 0) is 6.42 Å². The lowest BCUT2D eigenvalue weighted by Gasteiger charge is -2.02. The van der Waals surface area contributed by atoms with E-state index in [1.165, 1.54) is 32.8 Å². The molecule has 72 valence electrons. The fourth-order valence-electron chi connectivity index (χ4n) is 0.991. The molecule has 1 N–H and O–H groups in total. The number of carbonyl (C=O) groups excluding carboxylic acids is 1. The molecule has 0 aromatic rings. The molecule has 0 fully saturated rings. The number of hydrogen-bond donors (Lipinski definition) is 1. The van der Waals surface area contributed by atoms with Crippen molar-refractivity contribution in [3.63, 3.8) is 0 Å². The third-order valence-electron chi connectivity index (χ3n) is 1.74. The Balaban J connectivity index is 2.95. The van der Waals surface area contributed by atoms with Gasteiger partial charge in [-0.2, -0.15) is 0 Å². The molecule has 0 saturated heterocycles. The zero-order valence-corrected chi connectivity index (χ0v) is 8.06. The van der Waals surface area contributed by atoms with Crippen molar-refractivity contribution >= 4 is 6.09 Å². The first-order chi connectivity index (χ1) is 5.81. The predicted octanol–water partition coefficient (Wildman–Crippen LogP) is 2.31. The number of rotatable bonds is 6. The van der Waals surface area contributed by atoms with Gasteiger partial charge in [-0.1, -0.05) is 32.6 Å². The molecule has 0 unspecified atom stereocenters. The van der Waals surface area contributed by atoms with E-state index in [0.29, 0.717) is 0 Å². The molecular weight excluding hydrogens is 154 g/mol. The van der Waals surface area contributed by atoms with Crippen LogP contribution in [0.1, 0.15) is 39.0 Å². The van der Waals surface area contributed by atoms with Crippen LogP contribution in [0.15, 0.2) is 0 Å². The average Bonchev–Trinajstić information content (AvgIpc) is 2.10. The first-order valence-corrected chi connectivity index (χ1v) is 4.63. The molecule has 0 aromatic carbocycles. The molecule has 3 heteroatoms. The zero-order valence-electron chi connectivity index (χ0n) is 8.06. The van der Waals surface area contributed by atoms with Crippen molar-refractivity contribution in [3.8, 4) is 0 Å². The van der Waals surface area contributed by atoms with Gasteiger partial charge in [0.1, 0.15) is 0 Å². The summed E-state index contributed by atoms with van der Waals surface area (Å²) in [5.41, 5.74) is 0. The third kappa shape index (κ3) is 7.38. The maximum atomic E-state index is 10.6. The number of hydrogen-bond acceptors (Lipinski definition) is 2. The Morgan fingerprint density at radius 1 is 1.25 bits per heavy atom. The van der Waals surface area contributed by atoms with Crippen LogP contribution in [0.2, 0.25) is 0 Å². The largest absolute Gasteiger partial charge is 0.453 e. The van der Waals surface area contributed by atoms with Crippen molar-refractivity contribution < 1.29 is 9.53 Å². The van der Waals surface area contributed by atoms with Gasteiger partial charge in [0.25, 0.3) is 0 Å². The van der Waals surface area contributed by atoms with E-state index in [9.17, 15) is 4.79 Å². The maximum Gasteiger partial charge on any atom is 0.406 e. The van der Waals surface area contributed by atoms with Crippen molar-refractivity contribution in [3.05, 3.63) is 0 Å². The van der Waals surface area contributed by atoms with Gasteiger partial charge >= 0.3 is 6.09 Å². The zero-order chi connectivity index (χ0) is 9.23. The summed E-state index contributed by atoms with van der Waals surface area (Å²) < 4.78 is 4.43. The molecule has 12 heavy (non-hydrogen) atoms. The van der Waals surface area contributed by atoms with E-state index in [4.69, 9.17) is 0 Å². The normalized spacial score (nSPS) is 9.50. The Hall–Kier alpha value is -0.730. The third-order valence-corrected chi connectivity index (χ3v) is 1.74. The molecule has 0 aliphatic heterocycles. The lowest BCUT2D eigenvalue weighted by molar-refractivity contribution is 0.171. The van der Waals surface area contributed by atoms with Gasteiger partial charge in [0.05, 0.1) is 7.11 Å². The minimum absolute atomic E-state index is 0.328. The van der Waals surface area contributed by atoms with Crippen LogP contribution in [0.3, 0.4) is 0 Å². The first kappa shape index (κ1) is 11.3. The Morgan fingerprint density at radius 2 is 1.92 bits per heavy atom. The number of ether oxygens (including phenoxy) is 1. The number of carbonyl (C=O) groups is 1. The van der Waals surface area contributed by atoms with Crippen LogP contribution >= 0.6 is 0 Å². The van der Waals surface area contributed by atoms with E-state index >= 15 is 0 Å². The second kappa shape index (κ2) is 8.37. The van der Waals surface area contributed by atoms with Crippen molar-refractivity contribution in [1.29, 1.82) is 0 Å². The van der Waals surface area contributed by atoms with Crippen LogP contribution in [0.25, 0.3) is 0 Å². The minimum atomic E-state index is -0.328. The average molecular weight is 173 g/mol. The lowest BCUT2D eigenvalue weighted by atomic mass is 10.1. The highest BCUT2D eigenvalue weighted by Crippen LogP contribution is 2.00. The molecule has 0 radical (unpaired) electrons. The molecule has 0 aromatic heterocycles. The smallest absolute Gasteiger partial charge is 0.406 e. The monoisotopic (exact) mass is 173 g/mol. The predicted molar refractivity (Wildman–Crippen MR) is 49.2 cm³/mol. The molecule has 0 spiro atoms. The summed E-state index contributed by atoms with van der Waals surface area (Å²) in [6, 6.07) is 0. The first-order valence-electron chi connectivity index (χ1n) is 4.63. The Morgan fingerprint density at radius 3 is 2.50 bits per heavy atom. The molecule has 0 aliphatic carbocycles. The summed E-state index contributed by atoms with van der Waals surface area (Å²) >= 11 is 0. The van der Waals surface area contributed by atoms with Crippen molar-refractivity contribution in [2.75, 3.05) is 13.7 Å². The van der Waals surface area contributed by atoms with Crippen molar-refractivity contribution in [1.82, 2.24) is 5.32 Å². The number of unbranched alkanes of at least 4 members (excludes halogenated alkanes) is 4. The summed E-state index contributed by atoms with van der Waals surface area (Å²) in [4.78, 5) is 10.6. The molecule has 0 bridgehead atoms. The van der Waals surface area contributed by atoms with Crippen LogP contribution in [-0.2, 0) is 4.74 Å². The highest BCUT2D eigenvalue weighted by atomic mass is 16.5. The molecule has 1 amide bonds. The van der Waals surface area contributed by atoms with Crippen LogP contribution < -0.4 is 5.32 Å². The molecule has 3 nitrogen and oxygen atoms in total. The van der Waals surface area contributed by atoms with Gasteiger partial charge in [-0.25, -0.2) is 4.79 Å². The van der Waals surface area contributed by atoms with Crippen molar-refractivity contribution in [2.24, 2.45) is 0 Å². The van der Waals surface area contributed by atoms with Gasteiger partial charge in [-0.15, -0.1) is 0 Å². The topological polar surface area (TPSA) is 38.3 Å². The van der Waals surface area contributed by atoms with Gasteiger partial charge in [0.15, 0.2) is 0 Å². The maximum absolute atomic E-state index is 10.6. The Kier molecular flexibility index (Phi) is 7.86. The standard InChI is InChI=1S/C9H19NO2/c1-3-4-5-6-7-8-10-9(11)12-2/h3-8H2,1-2H3,(H,10,11). The van der Waals surface area contributed by atoms with Gasteiger partial charge in [-0.3, -0.25) is 0 Å². The van der Waals surface area contributed by atoms with Crippen LogP contribution in [0, 0.1) is 0 Å². The summed E-state index contributed by atoms with van der Waals surface area (Å²) in [5.74, 6) is 0. The van der Waals surface area contributed by atoms with Crippen LogP contribution in [0.5, 0.6) is 0 Å². The SMILES string of the molecule is CCCCCCCNC(=O)OC. The highest BCUT2D eigenvalue weighted by molar-refractivity contribution is 5.66. The van der Waals surface area contributed by atoms with E-state index in [1.807, 2.05) is 0 Å². The molecule has 0 saturated carbocycles. The second-order valence-corrected chi connectivity index (χ2v) is 2.83. The lowest BCUT2D eigenvalue weighted by Crippen LogP contribution is -2.23. The van der Waals surface area contributed by atoms with Crippen molar-refractivity contribution in [2.45, 2.75) is 39.0 Å². The van der Waals surface area contributed by atoms with Gasteiger partial charge in [0.2, 0.25) is 0 Å². The summed E-state index contributed by atoms with van der Waals surface area (Å²) in [7, 11) is 1.38. The van der Waals surface area contributed by atoms with E-state index in [2.05, 4.69) is 17.0 Å². The number of amides is 1. The summed E-state index contributed by atoms with van der Waals surface area (Å²) in [5, 5.41) is 2.65. The quantitative estimate of drug-likeness (QED) is 0.626. The van der Waals surface area contributed by atoms with E-state index < -0.39 is 0 Å². The minimum Gasteiger partial charge on any atom is -0.453 e. The Labute approximate surface area is 74.5 Å². The Bertz CT molecular complexity index is 115. The molecule has 0 atom stereocenters. The van der Waals surface area contributed by atoms with Crippen LogP contribution in [0.4, 0.5) is 4.79 Å². The summed E-state index contributed by atoms with van der Waals surface area (Å²) in [6.07, 6.45) is 5.72. The van der Waals surface area contributed by atoms with E-state index in [1.54, 1.807) is 0 Å². The van der Waals surface area contributed by atoms with Gasteiger partial charge < -0.3 is 10.1 Å². The molecule has 0 rings (SSSR count). The number of methoxy groups -OCH3 is 1. The van der Waals surface area contributed by atoms with Crippen LogP contribution in [-0.4, -0.2) is 19.7 Å². The number of nitrogens with one attached hydrogen (secondary N) is 1. The fourth-order valence-corrected chi connectivity index (χ4v) is 0.991. The number of alkyl carbamates (subject to hydrolysis) is 1. The van der Waals surface area contributed by atoms with E-state index in [0.717, 1.165) is 13.0 Å². The second-order valence-electron chi connectivity index (χ2n) is 2.83.